The molecule has 200 valence electrons. The van der Waals surface area contributed by atoms with Gasteiger partial charge in [0.25, 0.3) is 11.5 Å². The number of benzene rings is 1. The van der Waals surface area contributed by atoms with Crippen molar-refractivity contribution in [1.29, 1.82) is 0 Å². The molecule has 0 radical (unpaired) electrons. The van der Waals surface area contributed by atoms with E-state index in [9.17, 15) is 9.59 Å². The Hall–Kier alpha value is -3.37. The number of hydrogen-bond acceptors (Lipinski definition) is 8. The number of piperidine rings is 1. The van der Waals surface area contributed by atoms with Crippen LogP contribution in [-0.2, 0) is 16.1 Å². The maximum absolute atomic E-state index is 13.0. The molecule has 11 heteroatoms. The van der Waals surface area contributed by atoms with Gasteiger partial charge < -0.3 is 29.6 Å². The molecule has 2 aromatic heterocycles. The second-order valence-corrected chi connectivity index (χ2v) is 8.64. The maximum atomic E-state index is 13.0. The summed E-state index contributed by atoms with van der Waals surface area (Å²) in [5.74, 6) is 0.911. The van der Waals surface area contributed by atoms with Crippen LogP contribution in [0.1, 0.15) is 33.1 Å². The molecule has 1 aliphatic heterocycles. The van der Waals surface area contributed by atoms with E-state index < -0.39 is 0 Å². The fourth-order valence-electron chi connectivity index (χ4n) is 3.99. The summed E-state index contributed by atoms with van der Waals surface area (Å²) >= 11 is 6.39. The summed E-state index contributed by atoms with van der Waals surface area (Å²) in [5, 5.41) is 6.91. The zero-order valence-electron chi connectivity index (χ0n) is 21.8. The number of likely N-dealkylation sites (N-methyl/N-ethyl adjacent to an activating group) is 1. The second-order valence-electron chi connectivity index (χ2n) is 8.23. The minimum atomic E-state index is -0.329. The van der Waals surface area contributed by atoms with Crippen molar-refractivity contribution in [2.24, 2.45) is 0 Å². The van der Waals surface area contributed by atoms with E-state index in [2.05, 4.69) is 25.5 Å². The number of halogens is 1. The summed E-state index contributed by atoms with van der Waals surface area (Å²) in [6.07, 6.45) is 5.06. The third kappa shape index (κ3) is 7.11. The van der Waals surface area contributed by atoms with E-state index >= 15 is 0 Å². The van der Waals surface area contributed by atoms with Crippen molar-refractivity contribution in [1.82, 2.24) is 19.9 Å². The van der Waals surface area contributed by atoms with Gasteiger partial charge in [-0.3, -0.25) is 9.59 Å². The Balaban J connectivity index is 0.00000186. The van der Waals surface area contributed by atoms with Gasteiger partial charge in [0.2, 0.25) is 5.95 Å². The van der Waals surface area contributed by atoms with Gasteiger partial charge in [0.1, 0.15) is 5.02 Å². The molecule has 1 amide bonds. The van der Waals surface area contributed by atoms with Crippen LogP contribution in [0.3, 0.4) is 0 Å². The monoisotopic (exact) mass is 530 g/mol. The van der Waals surface area contributed by atoms with Gasteiger partial charge in [-0.1, -0.05) is 25.4 Å². The lowest BCUT2D eigenvalue weighted by molar-refractivity contribution is -0.122. The Bertz CT molecular complexity index is 1260. The average Bonchev–Trinajstić information content (AvgIpc) is 2.94. The van der Waals surface area contributed by atoms with Crippen LogP contribution in [0, 0.1) is 0 Å². The Labute approximate surface area is 221 Å². The van der Waals surface area contributed by atoms with Gasteiger partial charge in [-0.05, 0) is 43.5 Å². The van der Waals surface area contributed by atoms with E-state index in [1.807, 2.05) is 32.0 Å². The lowest BCUT2D eigenvalue weighted by atomic mass is 10.1. The summed E-state index contributed by atoms with van der Waals surface area (Å²) < 4.78 is 12.3. The second kappa shape index (κ2) is 13.8. The molecule has 3 heterocycles. The molecule has 0 spiro atoms. The fraction of sp³-hybridized carbons (Fsp3) is 0.462. The smallest absolute Gasteiger partial charge is 0.293 e. The molecular formula is C26H35ClN6O4. The van der Waals surface area contributed by atoms with Gasteiger partial charge in [-0.15, -0.1) is 0 Å². The normalized spacial score (nSPS) is 13.1. The Morgan fingerprint density at radius 1 is 1.16 bits per heavy atom. The number of aromatic nitrogens is 3. The topological polar surface area (TPSA) is 111 Å². The number of pyridine rings is 1. The molecule has 1 aliphatic rings. The minimum Gasteiger partial charge on any atom is -0.478 e. The first-order valence-corrected chi connectivity index (χ1v) is 12.9. The van der Waals surface area contributed by atoms with Crippen LogP contribution in [0.5, 0.6) is 5.75 Å². The maximum Gasteiger partial charge on any atom is 0.293 e. The Morgan fingerprint density at radius 2 is 1.92 bits per heavy atom. The van der Waals surface area contributed by atoms with Gasteiger partial charge >= 0.3 is 0 Å². The number of fused-ring (bicyclic) bond motifs is 1. The van der Waals surface area contributed by atoms with Crippen molar-refractivity contribution in [3.05, 3.63) is 45.8 Å². The van der Waals surface area contributed by atoms with Gasteiger partial charge in [-0.25, -0.2) is 4.98 Å². The van der Waals surface area contributed by atoms with Crippen molar-refractivity contribution in [2.75, 3.05) is 50.7 Å². The highest BCUT2D eigenvalue weighted by molar-refractivity contribution is 6.32. The van der Waals surface area contributed by atoms with Crippen LogP contribution in [0.4, 0.5) is 17.5 Å². The van der Waals surface area contributed by atoms with Gasteiger partial charge in [0, 0.05) is 44.9 Å². The van der Waals surface area contributed by atoms with E-state index in [0.29, 0.717) is 35.5 Å². The predicted octanol–water partition coefficient (Wildman–Crippen LogP) is 3.98. The first-order valence-electron chi connectivity index (χ1n) is 12.5. The zero-order valence-corrected chi connectivity index (χ0v) is 22.6. The summed E-state index contributed by atoms with van der Waals surface area (Å²) in [7, 11) is 3.08. The molecule has 37 heavy (non-hydrogen) atoms. The van der Waals surface area contributed by atoms with Crippen molar-refractivity contribution < 1.29 is 14.3 Å². The van der Waals surface area contributed by atoms with E-state index in [-0.39, 0.29) is 23.8 Å². The van der Waals surface area contributed by atoms with Crippen LogP contribution in [0.2, 0.25) is 5.02 Å². The highest BCUT2D eigenvalue weighted by atomic mass is 35.5. The standard InChI is InChI=1S/C24H29ClN6O4.C2H6/c1-26-21(32)15-35-20-13-16-12-17(6-7-19(16)31(23(20)33)10-11-34-2)28-22-18(25)14-27-24(29-22)30-8-4-3-5-9-30;1-2/h6-7,12-14H,3-5,8-11,15H2,1-2H3,(H,26,32)(H,27,28,29);1-2H3. The summed E-state index contributed by atoms with van der Waals surface area (Å²) in [6, 6.07) is 7.21. The third-order valence-corrected chi connectivity index (χ3v) is 6.13. The summed E-state index contributed by atoms with van der Waals surface area (Å²) in [4.78, 5) is 35.9. The average molecular weight is 531 g/mol. The zero-order chi connectivity index (χ0) is 26.8. The van der Waals surface area contributed by atoms with Crippen LogP contribution in [0.15, 0.2) is 35.3 Å². The lowest BCUT2D eigenvalue weighted by Crippen LogP contribution is -2.31. The van der Waals surface area contributed by atoms with E-state index in [1.165, 1.54) is 13.5 Å². The molecule has 0 aliphatic carbocycles. The molecule has 10 nitrogen and oxygen atoms in total. The largest absolute Gasteiger partial charge is 0.478 e. The molecule has 1 fully saturated rings. The highest BCUT2D eigenvalue weighted by Gasteiger charge is 2.16. The molecule has 0 saturated carbocycles. The number of ether oxygens (including phenoxy) is 2. The van der Waals surface area contributed by atoms with E-state index in [4.69, 9.17) is 21.1 Å². The molecule has 2 N–H and O–H groups in total. The number of amides is 1. The number of carbonyl (C=O) groups is 1. The number of carbonyl (C=O) groups excluding carboxylic acids is 1. The number of nitrogens with one attached hydrogen (secondary N) is 2. The summed E-state index contributed by atoms with van der Waals surface area (Å²) in [6.45, 7) is 6.29. The first-order chi connectivity index (χ1) is 18.0. The SMILES string of the molecule is CC.CNC(=O)COc1cc2cc(Nc3nc(N4CCCCC4)ncc3Cl)ccc2n(CCOC)c1=O. The Kier molecular flexibility index (Phi) is 10.5. The van der Waals surface area contributed by atoms with Crippen molar-refractivity contribution in [3.8, 4) is 5.75 Å². The number of nitrogens with zero attached hydrogens (tertiary/aromatic N) is 4. The van der Waals surface area contributed by atoms with Crippen molar-refractivity contribution in [3.63, 3.8) is 0 Å². The van der Waals surface area contributed by atoms with E-state index in [0.717, 1.165) is 37.0 Å². The van der Waals surface area contributed by atoms with Gasteiger partial charge in [-0.2, -0.15) is 4.98 Å². The van der Waals surface area contributed by atoms with Crippen molar-refractivity contribution in [2.45, 2.75) is 39.7 Å². The summed E-state index contributed by atoms with van der Waals surface area (Å²) in [5.41, 5.74) is 1.12. The molecule has 1 aromatic carbocycles. The molecule has 0 bridgehead atoms. The highest BCUT2D eigenvalue weighted by Crippen LogP contribution is 2.28. The number of rotatable bonds is 9. The first kappa shape index (κ1) is 28.2. The quantitative estimate of drug-likeness (QED) is 0.427. The Morgan fingerprint density at radius 3 is 2.62 bits per heavy atom. The van der Waals surface area contributed by atoms with Crippen LogP contribution in [0.25, 0.3) is 10.9 Å². The molecule has 3 aromatic rings. The fourth-order valence-corrected chi connectivity index (χ4v) is 4.13. The van der Waals surface area contributed by atoms with Crippen LogP contribution in [-0.4, -0.2) is 60.9 Å². The molecule has 1 saturated heterocycles. The predicted molar refractivity (Wildman–Crippen MR) is 147 cm³/mol. The van der Waals surface area contributed by atoms with Gasteiger partial charge in [0.05, 0.1) is 18.3 Å². The molecule has 0 atom stereocenters. The third-order valence-electron chi connectivity index (χ3n) is 5.85. The number of anilines is 3. The minimum absolute atomic E-state index is 0.0850. The van der Waals surface area contributed by atoms with Gasteiger partial charge in [0.15, 0.2) is 18.2 Å². The lowest BCUT2D eigenvalue weighted by Gasteiger charge is -2.26. The molecular weight excluding hydrogens is 496 g/mol. The van der Waals surface area contributed by atoms with Crippen LogP contribution >= 0.6 is 11.6 Å². The number of hydrogen-bond donors (Lipinski definition) is 2. The molecule has 0 unspecified atom stereocenters. The van der Waals surface area contributed by atoms with Crippen molar-refractivity contribution >= 4 is 45.9 Å². The molecule has 4 rings (SSSR count). The van der Waals surface area contributed by atoms with E-state index in [1.54, 1.807) is 23.9 Å². The number of methoxy groups -OCH3 is 1. The van der Waals surface area contributed by atoms with Crippen LogP contribution < -0.4 is 25.8 Å².